The summed E-state index contributed by atoms with van der Waals surface area (Å²) < 4.78 is 13.0. The smallest absolute Gasteiger partial charge is 0.161 e. The van der Waals surface area contributed by atoms with E-state index < -0.39 is 0 Å². The number of hydrogen-bond donors (Lipinski definition) is 0. The number of nitrogens with zero attached hydrogens (tertiary/aromatic N) is 4. The SMILES string of the molecule is N#Cc1cccc(-c2cn(-c3ccc(-c4ccc5c(c4)OCCO5)cc3)nn2)c1. The molecule has 3 aromatic carbocycles. The van der Waals surface area contributed by atoms with Gasteiger partial charge < -0.3 is 9.47 Å². The first-order chi connectivity index (χ1) is 14.3. The maximum Gasteiger partial charge on any atom is 0.161 e. The van der Waals surface area contributed by atoms with Gasteiger partial charge in [0.2, 0.25) is 0 Å². The van der Waals surface area contributed by atoms with E-state index in [2.05, 4.69) is 16.4 Å². The molecule has 6 heteroatoms. The molecule has 0 bridgehead atoms. The molecule has 29 heavy (non-hydrogen) atoms. The van der Waals surface area contributed by atoms with Crippen molar-refractivity contribution in [2.24, 2.45) is 0 Å². The summed E-state index contributed by atoms with van der Waals surface area (Å²) in [7, 11) is 0. The van der Waals surface area contributed by atoms with Crippen LogP contribution in [0.15, 0.2) is 72.9 Å². The first kappa shape index (κ1) is 17.0. The molecule has 0 fully saturated rings. The minimum atomic E-state index is 0.571. The fraction of sp³-hybridized carbons (Fsp3) is 0.0870. The van der Waals surface area contributed by atoms with E-state index in [-0.39, 0.29) is 0 Å². The second kappa shape index (κ2) is 7.13. The normalized spacial score (nSPS) is 12.4. The highest BCUT2D eigenvalue weighted by Crippen LogP contribution is 2.34. The summed E-state index contributed by atoms with van der Waals surface area (Å²) in [6.07, 6.45) is 1.86. The van der Waals surface area contributed by atoms with Gasteiger partial charge in [-0.3, -0.25) is 0 Å². The number of nitriles is 1. The van der Waals surface area contributed by atoms with Gasteiger partial charge in [-0.15, -0.1) is 5.10 Å². The monoisotopic (exact) mass is 380 g/mol. The number of aromatic nitrogens is 3. The van der Waals surface area contributed by atoms with Crippen LogP contribution in [0.3, 0.4) is 0 Å². The Morgan fingerprint density at radius 2 is 1.62 bits per heavy atom. The van der Waals surface area contributed by atoms with Crippen LogP contribution < -0.4 is 9.47 Å². The van der Waals surface area contributed by atoms with E-state index in [9.17, 15) is 0 Å². The lowest BCUT2D eigenvalue weighted by atomic mass is 10.0. The zero-order valence-electron chi connectivity index (χ0n) is 15.4. The molecule has 0 aliphatic carbocycles. The van der Waals surface area contributed by atoms with E-state index in [0.717, 1.165) is 39.6 Å². The third-order valence-corrected chi connectivity index (χ3v) is 4.79. The molecule has 4 aromatic rings. The Hall–Kier alpha value is -4.11. The lowest BCUT2D eigenvalue weighted by molar-refractivity contribution is 0.171. The van der Waals surface area contributed by atoms with E-state index >= 15 is 0 Å². The summed E-state index contributed by atoms with van der Waals surface area (Å²) >= 11 is 0. The molecule has 0 saturated heterocycles. The van der Waals surface area contributed by atoms with Crippen LogP contribution in [0, 0.1) is 11.3 Å². The lowest BCUT2D eigenvalue weighted by Gasteiger charge is -2.19. The minimum absolute atomic E-state index is 0.571. The standard InChI is InChI=1S/C23H16N4O2/c24-14-16-2-1-3-19(12-16)21-15-27(26-25-21)20-7-4-17(5-8-20)18-6-9-22-23(13-18)29-11-10-28-22/h1-9,12-13,15H,10-11H2. The van der Waals surface area contributed by atoms with Crippen LogP contribution >= 0.6 is 0 Å². The maximum absolute atomic E-state index is 9.07. The van der Waals surface area contributed by atoms with Crippen LogP contribution in [0.5, 0.6) is 11.5 Å². The molecule has 1 aliphatic rings. The Labute approximate surface area is 167 Å². The molecule has 1 aromatic heterocycles. The number of benzene rings is 3. The molecule has 5 rings (SSSR count). The van der Waals surface area contributed by atoms with Gasteiger partial charge in [-0.25, -0.2) is 4.68 Å². The molecule has 0 atom stereocenters. The van der Waals surface area contributed by atoms with Crippen molar-refractivity contribution in [2.45, 2.75) is 0 Å². The van der Waals surface area contributed by atoms with Crippen molar-refractivity contribution >= 4 is 0 Å². The molecular formula is C23H16N4O2. The Morgan fingerprint density at radius 1 is 0.828 bits per heavy atom. The zero-order chi connectivity index (χ0) is 19.6. The van der Waals surface area contributed by atoms with Crippen molar-refractivity contribution in [3.8, 4) is 45.6 Å². The number of fused-ring (bicyclic) bond motifs is 1. The van der Waals surface area contributed by atoms with Crippen LogP contribution in [0.1, 0.15) is 5.56 Å². The van der Waals surface area contributed by atoms with Gasteiger partial charge >= 0.3 is 0 Å². The largest absolute Gasteiger partial charge is 0.486 e. The molecule has 140 valence electrons. The van der Waals surface area contributed by atoms with Gasteiger partial charge in [0.25, 0.3) is 0 Å². The van der Waals surface area contributed by atoms with E-state index in [1.54, 1.807) is 16.8 Å². The average molecular weight is 380 g/mol. The zero-order valence-corrected chi connectivity index (χ0v) is 15.4. The van der Waals surface area contributed by atoms with E-state index in [0.29, 0.717) is 18.8 Å². The average Bonchev–Trinajstić information content (AvgIpc) is 3.29. The topological polar surface area (TPSA) is 73.0 Å². The van der Waals surface area contributed by atoms with Gasteiger partial charge in [-0.2, -0.15) is 5.26 Å². The van der Waals surface area contributed by atoms with Crippen LogP contribution in [0.2, 0.25) is 0 Å². The molecule has 0 amide bonds. The highest BCUT2D eigenvalue weighted by atomic mass is 16.6. The Kier molecular flexibility index (Phi) is 4.19. The van der Waals surface area contributed by atoms with Gasteiger partial charge in [0.05, 0.1) is 23.5 Å². The maximum atomic E-state index is 9.07. The first-order valence-electron chi connectivity index (χ1n) is 9.23. The first-order valence-corrected chi connectivity index (χ1v) is 9.23. The van der Waals surface area contributed by atoms with Crippen molar-refractivity contribution in [3.63, 3.8) is 0 Å². The number of rotatable bonds is 3. The predicted octanol–water partition coefficient (Wildman–Crippen LogP) is 4.24. The molecule has 0 radical (unpaired) electrons. The van der Waals surface area contributed by atoms with Gasteiger partial charge in [0, 0.05) is 5.56 Å². The number of ether oxygens (including phenoxy) is 2. The second-order valence-corrected chi connectivity index (χ2v) is 6.65. The molecule has 0 unspecified atom stereocenters. The van der Waals surface area contributed by atoms with Crippen molar-refractivity contribution in [1.29, 1.82) is 5.26 Å². The lowest BCUT2D eigenvalue weighted by Crippen LogP contribution is -2.15. The third kappa shape index (κ3) is 3.30. The van der Waals surface area contributed by atoms with Crippen LogP contribution in [-0.4, -0.2) is 28.2 Å². The Balaban J connectivity index is 1.41. The summed E-state index contributed by atoms with van der Waals surface area (Å²) in [5, 5.41) is 17.5. The van der Waals surface area contributed by atoms with Crippen LogP contribution in [0.4, 0.5) is 0 Å². The van der Waals surface area contributed by atoms with Crippen LogP contribution in [-0.2, 0) is 0 Å². The molecule has 2 heterocycles. The van der Waals surface area contributed by atoms with Crippen molar-refractivity contribution in [2.75, 3.05) is 13.2 Å². The molecule has 0 N–H and O–H groups in total. The quantitative estimate of drug-likeness (QED) is 0.531. The minimum Gasteiger partial charge on any atom is -0.486 e. The summed E-state index contributed by atoms with van der Waals surface area (Å²) in [6.45, 7) is 1.16. The summed E-state index contributed by atoms with van der Waals surface area (Å²) in [5.74, 6) is 1.56. The molecule has 1 aliphatic heterocycles. The van der Waals surface area contributed by atoms with E-state index in [4.69, 9.17) is 14.7 Å². The van der Waals surface area contributed by atoms with Gasteiger partial charge in [-0.05, 0) is 47.5 Å². The van der Waals surface area contributed by atoms with Gasteiger partial charge in [0.15, 0.2) is 11.5 Å². The fourth-order valence-corrected chi connectivity index (χ4v) is 3.30. The Bertz CT molecular complexity index is 1220. The van der Waals surface area contributed by atoms with Gasteiger partial charge in [-0.1, -0.05) is 35.5 Å². The number of hydrogen-bond acceptors (Lipinski definition) is 5. The van der Waals surface area contributed by atoms with Crippen LogP contribution in [0.25, 0.3) is 28.1 Å². The van der Waals surface area contributed by atoms with Gasteiger partial charge in [0.1, 0.15) is 18.9 Å². The second-order valence-electron chi connectivity index (χ2n) is 6.65. The van der Waals surface area contributed by atoms with Crippen molar-refractivity contribution in [1.82, 2.24) is 15.0 Å². The van der Waals surface area contributed by atoms with E-state index in [1.165, 1.54) is 0 Å². The summed E-state index contributed by atoms with van der Waals surface area (Å²) in [4.78, 5) is 0. The molecule has 0 spiro atoms. The third-order valence-electron chi connectivity index (χ3n) is 4.79. The summed E-state index contributed by atoms with van der Waals surface area (Å²) in [5.41, 5.74) is 5.23. The van der Waals surface area contributed by atoms with E-state index in [1.807, 2.05) is 60.8 Å². The highest BCUT2D eigenvalue weighted by Gasteiger charge is 2.12. The predicted molar refractivity (Wildman–Crippen MR) is 108 cm³/mol. The molecular weight excluding hydrogens is 364 g/mol. The summed E-state index contributed by atoms with van der Waals surface area (Å²) in [6, 6.07) is 23.5. The highest BCUT2D eigenvalue weighted by molar-refractivity contribution is 5.68. The fourth-order valence-electron chi connectivity index (χ4n) is 3.30. The van der Waals surface area contributed by atoms with Crippen molar-refractivity contribution in [3.05, 3.63) is 78.5 Å². The molecule has 0 saturated carbocycles. The van der Waals surface area contributed by atoms with Crippen molar-refractivity contribution < 1.29 is 9.47 Å². The molecule has 6 nitrogen and oxygen atoms in total. The Morgan fingerprint density at radius 3 is 2.45 bits per heavy atom.